The molecule has 4 rings (SSSR count). The highest BCUT2D eigenvalue weighted by Gasteiger charge is 2.13. The van der Waals surface area contributed by atoms with Crippen molar-refractivity contribution in [2.24, 2.45) is 0 Å². The number of hydrogen-bond acceptors (Lipinski definition) is 2. The molecule has 0 amide bonds. The first-order chi connectivity index (χ1) is 11.1. The first-order valence-corrected chi connectivity index (χ1v) is 7.69. The summed E-state index contributed by atoms with van der Waals surface area (Å²) in [5, 5.41) is 8.05. The predicted molar refractivity (Wildman–Crippen MR) is 95.4 cm³/mol. The standard InChI is InChI=1S/C19H16BN3/c1-12-8-16-15(9-17(12)20)10-21-19-18(16)13(2)22-23(19)11-14-6-4-3-5-7-14/h3-10H,11H2,1-2H3. The Morgan fingerprint density at radius 2 is 1.87 bits per heavy atom. The second-order valence-corrected chi connectivity index (χ2v) is 5.98. The zero-order chi connectivity index (χ0) is 16.0. The minimum Gasteiger partial charge on any atom is -0.243 e. The third-order valence-corrected chi connectivity index (χ3v) is 4.31. The van der Waals surface area contributed by atoms with Crippen LogP contribution in [-0.4, -0.2) is 22.6 Å². The van der Waals surface area contributed by atoms with Gasteiger partial charge < -0.3 is 0 Å². The molecule has 0 bridgehead atoms. The molecule has 0 aliphatic rings. The van der Waals surface area contributed by atoms with Crippen molar-refractivity contribution in [2.75, 3.05) is 0 Å². The van der Waals surface area contributed by atoms with Crippen molar-refractivity contribution in [1.29, 1.82) is 0 Å². The summed E-state index contributed by atoms with van der Waals surface area (Å²) < 4.78 is 1.98. The molecular formula is C19H16BN3. The second-order valence-electron chi connectivity index (χ2n) is 5.98. The Labute approximate surface area is 136 Å². The molecule has 0 N–H and O–H groups in total. The van der Waals surface area contributed by atoms with Crippen LogP contribution in [0.5, 0.6) is 0 Å². The number of pyridine rings is 1. The van der Waals surface area contributed by atoms with Crippen molar-refractivity contribution in [3.63, 3.8) is 0 Å². The first kappa shape index (κ1) is 14.0. The van der Waals surface area contributed by atoms with Gasteiger partial charge in [0.1, 0.15) is 7.85 Å². The van der Waals surface area contributed by atoms with Gasteiger partial charge in [-0.1, -0.05) is 53.5 Å². The molecule has 2 radical (unpaired) electrons. The molecule has 2 aromatic carbocycles. The summed E-state index contributed by atoms with van der Waals surface area (Å²) in [5.41, 5.74) is 5.02. The average Bonchev–Trinajstić information content (AvgIpc) is 2.86. The fourth-order valence-electron chi connectivity index (χ4n) is 3.08. The summed E-state index contributed by atoms with van der Waals surface area (Å²) in [6, 6.07) is 14.4. The van der Waals surface area contributed by atoms with Gasteiger partial charge in [0.2, 0.25) is 0 Å². The van der Waals surface area contributed by atoms with E-state index in [0.717, 1.165) is 39.7 Å². The maximum absolute atomic E-state index is 6.03. The maximum atomic E-state index is 6.03. The van der Waals surface area contributed by atoms with Crippen molar-refractivity contribution in [3.05, 3.63) is 65.5 Å². The number of nitrogens with zero attached hydrogens (tertiary/aromatic N) is 3. The van der Waals surface area contributed by atoms with Crippen LogP contribution in [0.4, 0.5) is 0 Å². The van der Waals surface area contributed by atoms with E-state index >= 15 is 0 Å². The van der Waals surface area contributed by atoms with E-state index in [2.05, 4.69) is 23.2 Å². The van der Waals surface area contributed by atoms with Gasteiger partial charge >= 0.3 is 0 Å². The molecule has 110 valence electrons. The van der Waals surface area contributed by atoms with Crippen LogP contribution in [0, 0.1) is 13.8 Å². The van der Waals surface area contributed by atoms with Crippen molar-refractivity contribution < 1.29 is 0 Å². The molecule has 23 heavy (non-hydrogen) atoms. The third kappa shape index (κ3) is 2.31. The number of aryl methyl sites for hydroxylation is 2. The van der Waals surface area contributed by atoms with Crippen LogP contribution in [0.1, 0.15) is 16.8 Å². The van der Waals surface area contributed by atoms with Crippen LogP contribution in [0.25, 0.3) is 21.8 Å². The molecule has 3 nitrogen and oxygen atoms in total. The summed E-state index contributed by atoms with van der Waals surface area (Å²) in [6.45, 7) is 4.79. The van der Waals surface area contributed by atoms with Gasteiger partial charge in [0.15, 0.2) is 5.65 Å². The Morgan fingerprint density at radius 3 is 2.65 bits per heavy atom. The lowest BCUT2D eigenvalue weighted by Crippen LogP contribution is -2.06. The van der Waals surface area contributed by atoms with Crippen LogP contribution < -0.4 is 5.46 Å². The van der Waals surface area contributed by atoms with Crippen molar-refractivity contribution in [2.45, 2.75) is 20.4 Å². The van der Waals surface area contributed by atoms with Gasteiger partial charge in [0, 0.05) is 17.0 Å². The molecule has 0 aliphatic carbocycles. The topological polar surface area (TPSA) is 30.7 Å². The molecule has 4 heteroatoms. The number of fused-ring (bicyclic) bond motifs is 3. The van der Waals surface area contributed by atoms with Crippen molar-refractivity contribution in [3.8, 4) is 0 Å². The van der Waals surface area contributed by atoms with Gasteiger partial charge in [-0.05, 0) is 24.8 Å². The smallest absolute Gasteiger partial charge is 0.158 e. The molecule has 0 saturated carbocycles. The molecule has 2 heterocycles. The normalized spacial score (nSPS) is 11.4. The summed E-state index contributed by atoms with van der Waals surface area (Å²) in [5.74, 6) is 0. The van der Waals surface area contributed by atoms with Gasteiger partial charge in [0.25, 0.3) is 0 Å². The minimum atomic E-state index is 0.720. The Morgan fingerprint density at radius 1 is 1.09 bits per heavy atom. The predicted octanol–water partition coefficient (Wildman–Crippen LogP) is 3.04. The van der Waals surface area contributed by atoms with Crippen molar-refractivity contribution in [1.82, 2.24) is 14.8 Å². The number of aromatic nitrogens is 3. The second kappa shape index (κ2) is 5.23. The summed E-state index contributed by atoms with van der Waals surface area (Å²) in [6.07, 6.45) is 1.88. The van der Waals surface area contributed by atoms with Crippen LogP contribution in [-0.2, 0) is 6.54 Å². The van der Waals surface area contributed by atoms with E-state index in [4.69, 9.17) is 12.9 Å². The van der Waals surface area contributed by atoms with E-state index in [0.29, 0.717) is 0 Å². The van der Waals surface area contributed by atoms with Crippen LogP contribution in [0.15, 0.2) is 48.7 Å². The SMILES string of the molecule is [B]c1cc2cnc3c(c(C)nn3Cc3ccccc3)c2cc1C. The molecular weight excluding hydrogens is 281 g/mol. The van der Waals surface area contributed by atoms with E-state index in [1.54, 1.807) is 0 Å². The third-order valence-electron chi connectivity index (χ3n) is 4.31. The van der Waals surface area contributed by atoms with Crippen LogP contribution >= 0.6 is 0 Å². The fourth-order valence-corrected chi connectivity index (χ4v) is 3.08. The van der Waals surface area contributed by atoms with Gasteiger partial charge in [0.05, 0.1) is 12.2 Å². The molecule has 0 spiro atoms. The van der Waals surface area contributed by atoms with Gasteiger partial charge in [-0.2, -0.15) is 5.10 Å². The van der Waals surface area contributed by atoms with Gasteiger partial charge in [-0.25, -0.2) is 9.67 Å². The molecule has 0 unspecified atom stereocenters. The molecule has 0 aliphatic heterocycles. The Bertz CT molecular complexity index is 1020. The summed E-state index contributed by atoms with van der Waals surface area (Å²) >= 11 is 0. The summed E-state index contributed by atoms with van der Waals surface area (Å²) in [4.78, 5) is 4.64. The molecule has 0 fully saturated rings. The minimum absolute atomic E-state index is 0.720. The number of rotatable bonds is 2. The van der Waals surface area contributed by atoms with Crippen molar-refractivity contribution >= 4 is 35.1 Å². The summed E-state index contributed by atoms with van der Waals surface area (Å²) in [7, 11) is 6.03. The van der Waals surface area contributed by atoms with E-state index in [9.17, 15) is 0 Å². The lowest BCUT2D eigenvalue weighted by molar-refractivity contribution is 0.696. The lowest BCUT2D eigenvalue weighted by Gasteiger charge is -2.07. The first-order valence-electron chi connectivity index (χ1n) is 7.69. The lowest BCUT2D eigenvalue weighted by atomic mass is 9.88. The molecule has 4 aromatic rings. The van der Waals surface area contributed by atoms with Crippen LogP contribution in [0.3, 0.4) is 0 Å². The van der Waals surface area contributed by atoms with E-state index < -0.39 is 0 Å². The Kier molecular flexibility index (Phi) is 3.19. The Hall–Kier alpha value is -2.62. The highest BCUT2D eigenvalue weighted by Crippen LogP contribution is 2.26. The highest BCUT2D eigenvalue weighted by molar-refractivity contribution is 6.34. The number of benzene rings is 2. The monoisotopic (exact) mass is 297 g/mol. The average molecular weight is 297 g/mol. The largest absolute Gasteiger partial charge is 0.243 e. The highest BCUT2D eigenvalue weighted by atomic mass is 15.3. The fraction of sp³-hybridized carbons (Fsp3) is 0.158. The molecule has 2 aromatic heterocycles. The maximum Gasteiger partial charge on any atom is 0.158 e. The Balaban J connectivity index is 1.95. The zero-order valence-corrected chi connectivity index (χ0v) is 13.2. The van der Waals surface area contributed by atoms with E-state index in [-0.39, 0.29) is 0 Å². The van der Waals surface area contributed by atoms with Gasteiger partial charge in [-0.3, -0.25) is 0 Å². The zero-order valence-electron chi connectivity index (χ0n) is 13.2. The molecule has 0 atom stereocenters. The van der Waals surface area contributed by atoms with Crippen LogP contribution in [0.2, 0.25) is 0 Å². The van der Waals surface area contributed by atoms with E-state index in [1.807, 2.05) is 49.0 Å². The quantitative estimate of drug-likeness (QED) is 0.532. The molecule has 0 saturated heterocycles. The number of hydrogen-bond donors (Lipinski definition) is 0. The van der Waals surface area contributed by atoms with Gasteiger partial charge in [-0.15, -0.1) is 0 Å². The van der Waals surface area contributed by atoms with E-state index in [1.165, 1.54) is 10.9 Å².